The molecule has 0 aromatic carbocycles. The number of rotatable bonds is 5. The average Bonchev–Trinajstić information content (AvgIpc) is 1.88. The predicted molar refractivity (Wildman–Crippen MR) is 38.8 cm³/mol. The molecule has 0 saturated heterocycles. The molecule has 0 bridgehead atoms. The highest BCUT2D eigenvalue weighted by atomic mass is 32.2. The number of hydrogen-bond donors (Lipinski definition) is 1. The monoisotopic (exact) mass is 184 g/mol. The first-order valence-corrected chi connectivity index (χ1v) is 4.61. The van der Waals surface area contributed by atoms with Gasteiger partial charge in [0.2, 0.25) is 0 Å². The van der Waals surface area contributed by atoms with Crippen LogP contribution in [0.4, 0.5) is 0 Å². The van der Waals surface area contributed by atoms with Gasteiger partial charge >= 0.3 is 0 Å². The second-order valence-electron chi connectivity index (χ2n) is 1.98. The molecule has 0 unspecified atom stereocenters. The topological polar surface area (TPSA) is 72.8 Å². The van der Waals surface area contributed by atoms with Crippen molar-refractivity contribution >= 4 is 10.1 Å². The molecule has 0 amide bonds. The predicted octanol–water partition coefficient (Wildman–Crippen LogP) is -0.117. The van der Waals surface area contributed by atoms with Crippen LogP contribution in [0.25, 0.3) is 0 Å². The van der Waals surface area contributed by atoms with Crippen LogP contribution in [0.2, 0.25) is 0 Å². The molecule has 0 heterocycles. The van der Waals surface area contributed by atoms with Gasteiger partial charge in [-0.05, 0) is 0 Å². The number of methoxy groups -OCH3 is 2. The maximum Gasteiger partial charge on any atom is 0.265 e. The summed E-state index contributed by atoms with van der Waals surface area (Å²) in [6.45, 7) is 0. The summed E-state index contributed by atoms with van der Waals surface area (Å²) < 4.78 is 38.1. The van der Waals surface area contributed by atoms with Gasteiger partial charge in [-0.1, -0.05) is 0 Å². The van der Waals surface area contributed by atoms with Gasteiger partial charge < -0.3 is 9.47 Å². The van der Waals surface area contributed by atoms with Crippen LogP contribution >= 0.6 is 0 Å². The van der Waals surface area contributed by atoms with Crippen LogP contribution in [-0.2, 0) is 19.6 Å². The molecule has 0 saturated carbocycles. The highest BCUT2D eigenvalue weighted by Crippen LogP contribution is 1.99. The Hall–Kier alpha value is -0.170. The van der Waals surface area contributed by atoms with Gasteiger partial charge in [0.05, 0.1) is 5.75 Å². The van der Waals surface area contributed by atoms with Crippen LogP contribution in [0.15, 0.2) is 0 Å². The lowest BCUT2D eigenvalue weighted by atomic mass is 10.5. The van der Waals surface area contributed by atoms with Crippen molar-refractivity contribution in [3.8, 4) is 0 Å². The zero-order valence-electron chi connectivity index (χ0n) is 6.48. The van der Waals surface area contributed by atoms with Crippen LogP contribution in [0.3, 0.4) is 0 Å². The Labute approximate surface area is 66.1 Å². The molecule has 0 aliphatic rings. The van der Waals surface area contributed by atoms with Crippen LogP contribution < -0.4 is 0 Å². The van der Waals surface area contributed by atoms with Crippen LogP contribution in [0, 0.1) is 0 Å². The summed E-state index contributed by atoms with van der Waals surface area (Å²) >= 11 is 0. The number of hydrogen-bond acceptors (Lipinski definition) is 4. The van der Waals surface area contributed by atoms with Crippen molar-refractivity contribution in [3.63, 3.8) is 0 Å². The number of ether oxygens (including phenoxy) is 2. The Balaban J connectivity index is 3.69. The summed E-state index contributed by atoms with van der Waals surface area (Å²) in [6, 6.07) is 0. The average molecular weight is 184 g/mol. The first-order valence-electron chi connectivity index (χ1n) is 3.00. The van der Waals surface area contributed by atoms with E-state index in [1.165, 1.54) is 14.2 Å². The molecule has 68 valence electrons. The molecule has 6 heteroatoms. The molecule has 1 N–H and O–H groups in total. The van der Waals surface area contributed by atoms with E-state index in [-0.39, 0.29) is 12.2 Å². The molecule has 5 nitrogen and oxygen atoms in total. The van der Waals surface area contributed by atoms with E-state index in [0.717, 1.165) is 0 Å². The Bertz CT molecular complexity index is 181. The minimum Gasteiger partial charge on any atom is -0.356 e. The fraction of sp³-hybridized carbons (Fsp3) is 1.00. The van der Waals surface area contributed by atoms with Gasteiger partial charge in [0.15, 0.2) is 6.29 Å². The van der Waals surface area contributed by atoms with E-state index in [0.29, 0.717) is 0 Å². The second-order valence-corrected chi connectivity index (χ2v) is 3.55. The van der Waals surface area contributed by atoms with Gasteiger partial charge in [-0.25, -0.2) is 0 Å². The molecule has 0 atom stereocenters. The van der Waals surface area contributed by atoms with Gasteiger partial charge in [0, 0.05) is 20.6 Å². The lowest BCUT2D eigenvalue weighted by Crippen LogP contribution is -2.18. The molecule has 0 aromatic rings. The van der Waals surface area contributed by atoms with Crippen LogP contribution in [-0.4, -0.2) is 39.2 Å². The van der Waals surface area contributed by atoms with E-state index in [4.69, 9.17) is 14.0 Å². The summed E-state index contributed by atoms with van der Waals surface area (Å²) in [7, 11) is -1.10. The smallest absolute Gasteiger partial charge is 0.265 e. The summed E-state index contributed by atoms with van der Waals surface area (Å²) in [5, 5.41) is 0. The van der Waals surface area contributed by atoms with Gasteiger partial charge in [0.1, 0.15) is 0 Å². The molecule has 0 aliphatic heterocycles. The maximum absolute atomic E-state index is 10.2. The standard InChI is InChI=1S/C5H12O5S/c1-9-5(10-2)3-4-11(6,7)8/h5H,3-4H2,1-2H3,(H,6,7,8). The van der Waals surface area contributed by atoms with Crippen LogP contribution in [0.5, 0.6) is 0 Å². The first kappa shape index (κ1) is 10.8. The van der Waals surface area contributed by atoms with Crippen molar-refractivity contribution in [2.24, 2.45) is 0 Å². The van der Waals surface area contributed by atoms with Crippen molar-refractivity contribution in [1.82, 2.24) is 0 Å². The van der Waals surface area contributed by atoms with Gasteiger partial charge in [0.25, 0.3) is 10.1 Å². The molecular formula is C5H12O5S. The Morgan fingerprint density at radius 2 is 1.82 bits per heavy atom. The largest absolute Gasteiger partial charge is 0.356 e. The molecule has 11 heavy (non-hydrogen) atoms. The van der Waals surface area contributed by atoms with Gasteiger partial charge in [-0.2, -0.15) is 8.42 Å². The van der Waals surface area contributed by atoms with E-state index < -0.39 is 16.4 Å². The van der Waals surface area contributed by atoms with Crippen molar-refractivity contribution in [2.75, 3.05) is 20.0 Å². The van der Waals surface area contributed by atoms with Gasteiger partial charge in [-0.3, -0.25) is 4.55 Å². The molecule has 0 radical (unpaired) electrons. The molecule has 0 spiro atoms. The van der Waals surface area contributed by atoms with Crippen molar-refractivity contribution in [3.05, 3.63) is 0 Å². The highest BCUT2D eigenvalue weighted by Gasteiger charge is 2.10. The van der Waals surface area contributed by atoms with E-state index in [9.17, 15) is 8.42 Å². The fourth-order valence-electron chi connectivity index (χ4n) is 0.577. The third-order valence-corrected chi connectivity index (χ3v) is 1.89. The second kappa shape index (κ2) is 4.66. The van der Waals surface area contributed by atoms with Gasteiger partial charge in [-0.15, -0.1) is 0 Å². The van der Waals surface area contributed by atoms with E-state index in [1.807, 2.05) is 0 Å². The van der Waals surface area contributed by atoms with E-state index in [2.05, 4.69) is 0 Å². The van der Waals surface area contributed by atoms with Crippen LogP contribution in [0.1, 0.15) is 6.42 Å². The molecular weight excluding hydrogens is 172 g/mol. The minimum absolute atomic E-state index is 0.131. The quantitative estimate of drug-likeness (QED) is 0.476. The Morgan fingerprint density at radius 1 is 1.36 bits per heavy atom. The summed E-state index contributed by atoms with van der Waals surface area (Å²) in [4.78, 5) is 0. The zero-order chi connectivity index (χ0) is 8.91. The third-order valence-electron chi connectivity index (χ3n) is 1.14. The molecule has 0 rings (SSSR count). The normalized spacial score (nSPS) is 12.4. The van der Waals surface area contributed by atoms with E-state index in [1.54, 1.807) is 0 Å². The van der Waals surface area contributed by atoms with Crippen molar-refractivity contribution in [1.29, 1.82) is 0 Å². The lowest BCUT2D eigenvalue weighted by Gasteiger charge is -2.11. The summed E-state index contributed by atoms with van der Waals surface area (Å²) in [6.07, 6.45) is -0.442. The zero-order valence-corrected chi connectivity index (χ0v) is 7.30. The lowest BCUT2D eigenvalue weighted by molar-refractivity contribution is -0.102. The molecule has 0 aliphatic carbocycles. The SMILES string of the molecule is COC(CCS(=O)(=O)O)OC. The highest BCUT2D eigenvalue weighted by molar-refractivity contribution is 7.85. The first-order chi connectivity index (χ1) is 4.99. The van der Waals surface area contributed by atoms with E-state index >= 15 is 0 Å². The molecule has 0 aromatic heterocycles. The molecule has 0 fully saturated rings. The summed E-state index contributed by atoms with van der Waals surface area (Å²) in [5.41, 5.74) is 0. The maximum atomic E-state index is 10.2. The fourth-order valence-corrected chi connectivity index (χ4v) is 1.07. The third kappa shape index (κ3) is 6.24. The summed E-state index contributed by atoms with van der Waals surface area (Å²) in [5.74, 6) is -0.348. The Kier molecular flexibility index (Phi) is 4.58. The van der Waals surface area contributed by atoms with Crippen molar-refractivity contribution in [2.45, 2.75) is 12.7 Å². The van der Waals surface area contributed by atoms with Crippen molar-refractivity contribution < 1.29 is 22.4 Å². The Morgan fingerprint density at radius 3 is 2.09 bits per heavy atom. The minimum atomic E-state index is -3.90.